The first-order valence-electron chi connectivity index (χ1n) is 6.71. The number of aromatic nitrogens is 3. The average Bonchev–Trinajstić information content (AvgIpc) is 2.85. The van der Waals surface area contributed by atoms with E-state index in [2.05, 4.69) is 71.7 Å². The van der Waals surface area contributed by atoms with Crippen molar-refractivity contribution in [2.24, 2.45) is 0 Å². The lowest BCUT2D eigenvalue weighted by Crippen LogP contribution is -1.89. The standard InChI is InChI=1S/C17H17N3/c1-11-6-4-5-7-15(11)14-8-9-16(12(2)10-14)17-13(3)18-20-19-17/h4-10H,1-3H3,(H,18,19,20). The van der Waals surface area contributed by atoms with Crippen molar-refractivity contribution in [3.05, 3.63) is 59.3 Å². The lowest BCUT2D eigenvalue weighted by Gasteiger charge is -2.10. The molecule has 0 atom stereocenters. The zero-order valence-electron chi connectivity index (χ0n) is 11.9. The highest BCUT2D eigenvalue weighted by molar-refractivity contribution is 5.74. The zero-order valence-corrected chi connectivity index (χ0v) is 11.9. The van der Waals surface area contributed by atoms with Crippen LogP contribution in [0.2, 0.25) is 0 Å². The summed E-state index contributed by atoms with van der Waals surface area (Å²) in [5.41, 5.74) is 8.12. The quantitative estimate of drug-likeness (QED) is 0.757. The van der Waals surface area contributed by atoms with Crippen molar-refractivity contribution in [3.63, 3.8) is 0 Å². The molecule has 0 amide bonds. The van der Waals surface area contributed by atoms with E-state index in [0.717, 1.165) is 17.0 Å². The molecule has 0 fully saturated rings. The van der Waals surface area contributed by atoms with Crippen LogP contribution < -0.4 is 0 Å². The fraction of sp³-hybridized carbons (Fsp3) is 0.176. The van der Waals surface area contributed by atoms with E-state index in [1.165, 1.54) is 22.3 Å². The molecule has 100 valence electrons. The summed E-state index contributed by atoms with van der Waals surface area (Å²) < 4.78 is 0. The van der Waals surface area contributed by atoms with Crippen LogP contribution in [0.5, 0.6) is 0 Å². The molecular formula is C17H17N3. The largest absolute Gasteiger partial charge is 0.257 e. The van der Waals surface area contributed by atoms with E-state index in [-0.39, 0.29) is 0 Å². The van der Waals surface area contributed by atoms with Gasteiger partial charge in [-0.1, -0.05) is 47.7 Å². The Morgan fingerprint density at radius 2 is 1.65 bits per heavy atom. The molecule has 3 nitrogen and oxygen atoms in total. The third kappa shape index (κ3) is 2.11. The molecule has 0 saturated heterocycles. The van der Waals surface area contributed by atoms with Gasteiger partial charge in [-0.25, -0.2) is 0 Å². The van der Waals surface area contributed by atoms with Crippen LogP contribution >= 0.6 is 0 Å². The summed E-state index contributed by atoms with van der Waals surface area (Å²) in [6.07, 6.45) is 0. The number of nitrogens with zero attached hydrogens (tertiary/aromatic N) is 2. The molecule has 0 bridgehead atoms. The molecule has 1 heterocycles. The van der Waals surface area contributed by atoms with Gasteiger partial charge in [0.1, 0.15) is 0 Å². The van der Waals surface area contributed by atoms with Crippen molar-refractivity contribution >= 4 is 0 Å². The van der Waals surface area contributed by atoms with Gasteiger partial charge in [0, 0.05) is 5.56 Å². The number of H-pyrrole nitrogens is 1. The molecule has 20 heavy (non-hydrogen) atoms. The first kappa shape index (κ1) is 12.6. The van der Waals surface area contributed by atoms with Crippen LogP contribution in [0.25, 0.3) is 22.4 Å². The lowest BCUT2D eigenvalue weighted by atomic mass is 9.95. The first-order valence-corrected chi connectivity index (χ1v) is 6.71. The van der Waals surface area contributed by atoms with Crippen LogP contribution in [-0.4, -0.2) is 15.4 Å². The van der Waals surface area contributed by atoms with E-state index in [4.69, 9.17) is 0 Å². The molecule has 3 heteroatoms. The third-order valence-corrected chi connectivity index (χ3v) is 3.68. The molecule has 0 saturated carbocycles. The molecule has 3 rings (SSSR count). The number of aromatic amines is 1. The Balaban J connectivity index is 2.09. The van der Waals surface area contributed by atoms with Crippen molar-refractivity contribution in [2.45, 2.75) is 20.8 Å². The van der Waals surface area contributed by atoms with Crippen molar-refractivity contribution < 1.29 is 0 Å². The highest BCUT2D eigenvalue weighted by Crippen LogP contribution is 2.29. The topological polar surface area (TPSA) is 41.6 Å². The Morgan fingerprint density at radius 1 is 0.850 bits per heavy atom. The van der Waals surface area contributed by atoms with Crippen LogP contribution in [0.3, 0.4) is 0 Å². The summed E-state index contributed by atoms with van der Waals surface area (Å²) in [5, 5.41) is 10.9. The number of hydrogen-bond acceptors (Lipinski definition) is 2. The first-order chi connectivity index (χ1) is 9.66. The predicted octanol–water partition coefficient (Wildman–Crippen LogP) is 4.06. The van der Waals surface area contributed by atoms with Crippen LogP contribution in [0, 0.1) is 20.8 Å². The minimum absolute atomic E-state index is 0.928. The fourth-order valence-electron chi connectivity index (χ4n) is 2.54. The maximum Gasteiger partial charge on any atom is 0.0885 e. The second-order valence-corrected chi connectivity index (χ2v) is 5.12. The third-order valence-electron chi connectivity index (χ3n) is 3.68. The molecule has 1 aromatic heterocycles. The van der Waals surface area contributed by atoms with Gasteiger partial charge in [0.15, 0.2) is 0 Å². The molecule has 0 aliphatic rings. The summed E-state index contributed by atoms with van der Waals surface area (Å²) in [6.45, 7) is 6.23. The summed E-state index contributed by atoms with van der Waals surface area (Å²) in [4.78, 5) is 0. The Hall–Kier alpha value is -2.42. The summed E-state index contributed by atoms with van der Waals surface area (Å²) >= 11 is 0. The maximum atomic E-state index is 4.02. The summed E-state index contributed by atoms with van der Waals surface area (Å²) in [5.74, 6) is 0. The van der Waals surface area contributed by atoms with Crippen LogP contribution in [0.15, 0.2) is 42.5 Å². The van der Waals surface area contributed by atoms with Gasteiger partial charge in [-0.05, 0) is 43.0 Å². The van der Waals surface area contributed by atoms with Crippen molar-refractivity contribution in [1.82, 2.24) is 15.4 Å². The van der Waals surface area contributed by atoms with Gasteiger partial charge in [0.25, 0.3) is 0 Å². The van der Waals surface area contributed by atoms with Gasteiger partial charge >= 0.3 is 0 Å². The van der Waals surface area contributed by atoms with Gasteiger partial charge < -0.3 is 0 Å². The molecule has 2 aromatic carbocycles. The normalized spacial score (nSPS) is 10.8. The van der Waals surface area contributed by atoms with Gasteiger partial charge in [0.05, 0.1) is 11.4 Å². The van der Waals surface area contributed by atoms with E-state index in [1.54, 1.807) is 0 Å². The SMILES string of the molecule is Cc1ccccc1-c1ccc(-c2[nH]nnc2C)c(C)c1. The van der Waals surface area contributed by atoms with Gasteiger partial charge in [-0.2, -0.15) is 0 Å². The maximum absolute atomic E-state index is 4.02. The van der Waals surface area contributed by atoms with Crippen LogP contribution in [-0.2, 0) is 0 Å². The predicted molar refractivity (Wildman–Crippen MR) is 81.5 cm³/mol. The molecule has 0 unspecified atom stereocenters. The Morgan fingerprint density at radius 3 is 2.30 bits per heavy atom. The van der Waals surface area contributed by atoms with E-state index in [1.807, 2.05) is 6.92 Å². The van der Waals surface area contributed by atoms with Crippen molar-refractivity contribution in [2.75, 3.05) is 0 Å². The number of hydrogen-bond donors (Lipinski definition) is 1. The van der Waals surface area contributed by atoms with Crippen molar-refractivity contribution in [1.29, 1.82) is 0 Å². The summed E-state index contributed by atoms with van der Waals surface area (Å²) in [7, 11) is 0. The van der Waals surface area contributed by atoms with E-state index >= 15 is 0 Å². The average molecular weight is 263 g/mol. The number of rotatable bonds is 2. The number of aryl methyl sites for hydroxylation is 3. The minimum Gasteiger partial charge on any atom is -0.257 e. The molecule has 0 spiro atoms. The lowest BCUT2D eigenvalue weighted by molar-refractivity contribution is 0.929. The second-order valence-electron chi connectivity index (χ2n) is 5.12. The van der Waals surface area contributed by atoms with Gasteiger partial charge in [0.2, 0.25) is 0 Å². The van der Waals surface area contributed by atoms with Gasteiger partial charge in [-0.15, -0.1) is 5.10 Å². The monoisotopic (exact) mass is 263 g/mol. The summed E-state index contributed by atoms with van der Waals surface area (Å²) in [6, 6.07) is 15.0. The van der Waals surface area contributed by atoms with E-state index in [9.17, 15) is 0 Å². The minimum atomic E-state index is 0.928. The highest BCUT2D eigenvalue weighted by Gasteiger charge is 2.10. The number of nitrogens with one attached hydrogen (secondary N) is 1. The van der Waals surface area contributed by atoms with E-state index < -0.39 is 0 Å². The Kier molecular flexibility index (Phi) is 3.11. The Labute approximate surface area is 118 Å². The highest BCUT2D eigenvalue weighted by atomic mass is 15.3. The second kappa shape index (κ2) is 4.93. The molecule has 3 aromatic rings. The molecule has 0 aliphatic carbocycles. The molecule has 0 aliphatic heterocycles. The Bertz CT molecular complexity index is 756. The number of benzene rings is 2. The van der Waals surface area contributed by atoms with E-state index in [0.29, 0.717) is 0 Å². The van der Waals surface area contributed by atoms with Gasteiger partial charge in [-0.3, -0.25) is 5.10 Å². The molecular weight excluding hydrogens is 246 g/mol. The molecule has 1 N–H and O–H groups in total. The van der Waals surface area contributed by atoms with Crippen LogP contribution in [0.4, 0.5) is 0 Å². The van der Waals surface area contributed by atoms with Crippen molar-refractivity contribution in [3.8, 4) is 22.4 Å². The smallest absolute Gasteiger partial charge is 0.0885 e. The molecule has 0 radical (unpaired) electrons. The fourth-order valence-corrected chi connectivity index (χ4v) is 2.54. The zero-order chi connectivity index (χ0) is 14.1. The van der Waals surface area contributed by atoms with Crippen LogP contribution in [0.1, 0.15) is 16.8 Å².